The summed E-state index contributed by atoms with van der Waals surface area (Å²) in [7, 11) is 0. The number of ether oxygens (including phenoxy) is 1. The number of hydrogen-bond donors (Lipinski definition) is 1. The number of nitriles is 1. The Hall–Kier alpha value is -3.10. The van der Waals surface area contributed by atoms with Gasteiger partial charge in [0.2, 0.25) is 0 Å². The molecule has 0 unspecified atom stereocenters. The van der Waals surface area contributed by atoms with E-state index in [1.54, 1.807) is 0 Å². The van der Waals surface area contributed by atoms with Crippen LogP contribution < -0.4 is 10.6 Å². The second-order valence-electron chi connectivity index (χ2n) is 6.53. The van der Waals surface area contributed by atoms with Crippen molar-refractivity contribution < 1.29 is 4.74 Å². The molecule has 144 valence electrons. The summed E-state index contributed by atoms with van der Waals surface area (Å²) in [6.07, 6.45) is 0. The molecule has 0 amide bonds. The summed E-state index contributed by atoms with van der Waals surface area (Å²) in [6.45, 7) is 9.29. The van der Waals surface area contributed by atoms with Gasteiger partial charge in [-0.2, -0.15) is 5.26 Å². The van der Waals surface area contributed by atoms with Gasteiger partial charge in [-0.25, -0.2) is 4.98 Å². The average Bonchev–Trinajstić information content (AvgIpc) is 2.75. The second kappa shape index (κ2) is 8.73. The first-order valence-electron chi connectivity index (χ1n) is 9.70. The van der Waals surface area contributed by atoms with Crippen LogP contribution in [0.15, 0.2) is 42.5 Å². The van der Waals surface area contributed by atoms with Crippen LogP contribution in [0.3, 0.4) is 0 Å². The fraction of sp³-hybridized carbons (Fsp3) is 0.304. The summed E-state index contributed by atoms with van der Waals surface area (Å²) < 4.78 is 5.41. The molecule has 28 heavy (non-hydrogen) atoms. The van der Waals surface area contributed by atoms with Crippen molar-refractivity contribution >= 4 is 22.4 Å². The average molecular weight is 374 g/mol. The van der Waals surface area contributed by atoms with Gasteiger partial charge in [-0.15, -0.1) is 0 Å². The smallest absolute Gasteiger partial charge is 0.133 e. The standard InChI is InChI=1S/C21H20N4O.C2H6/c1-14-2-7-19-17(12-14)18(13-22)20(21(23)24-19)15-3-5-16(6-4-15)25-8-10-26-11-9-25;1-2/h2-7,12H,8-11H2,1H3,(H2,23,24);1-2H3. The second-order valence-corrected chi connectivity index (χ2v) is 6.53. The molecule has 3 aromatic rings. The van der Waals surface area contributed by atoms with Crippen molar-refractivity contribution in [1.29, 1.82) is 5.26 Å². The van der Waals surface area contributed by atoms with E-state index in [4.69, 9.17) is 10.5 Å². The number of nitrogen functional groups attached to an aromatic ring is 1. The quantitative estimate of drug-likeness (QED) is 0.713. The third-order valence-electron chi connectivity index (χ3n) is 4.81. The number of nitrogens with two attached hydrogens (primary N) is 1. The number of hydrogen-bond acceptors (Lipinski definition) is 5. The fourth-order valence-corrected chi connectivity index (χ4v) is 3.46. The molecule has 0 atom stereocenters. The minimum absolute atomic E-state index is 0.386. The van der Waals surface area contributed by atoms with Crippen LogP contribution in [0.1, 0.15) is 25.0 Å². The molecule has 0 radical (unpaired) electrons. The maximum Gasteiger partial charge on any atom is 0.133 e. The van der Waals surface area contributed by atoms with Crippen molar-refractivity contribution in [3.05, 3.63) is 53.6 Å². The molecular formula is C23H26N4O. The van der Waals surface area contributed by atoms with E-state index in [1.165, 1.54) is 0 Å². The van der Waals surface area contributed by atoms with Crippen molar-refractivity contribution in [3.63, 3.8) is 0 Å². The Balaban J connectivity index is 0.00000109. The highest BCUT2D eigenvalue weighted by Gasteiger charge is 2.16. The van der Waals surface area contributed by atoms with Gasteiger partial charge in [0.05, 0.1) is 24.3 Å². The zero-order chi connectivity index (χ0) is 20.1. The molecule has 2 heterocycles. The molecule has 0 saturated carbocycles. The molecule has 2 aromatic carbocycles. The van der Waals surface area contributed by atoms with Gasteiger partial charge in [-0.3, -0.25) is 0 Å². The number of pyridine rings is 1. The Morgan fingerprint density at radius 3 is 2.39 bits per heavy atom. The van der Waals surface area contributed by atoms with Crippen LogP contribution in [0.4, 0.5) is 11.5 Å². The number of fused-ring (bicyclic) bond motifs is 1. The molecule has 2 N–H and O–H groups in total. The van der Waals surface area contributed by atoms with Crippen molar-refractivity contribution in [3.8, 4) is 17.2 Å². The molecule has 1 saturated heterocycles. The van der Waals surface area contributed by atoms with E-state index >= 15 is 0 Å². The third-order valence-corrected chi connectivity index (χ3v) is 4.81. The largest absolute Gasteiger partial charge is 0.383 e. The van der Waals surface area contributed by atoms with E-state index in [0.717, 1.165) is 54.0 Å². The van der Waals surface area contributed by atoms with Crippen molar-refractivity contribution in [1.82, 2.24) is 4.98 Å². The van der Waals surface area contributed by atoms with E-state index in [0.29, 0.717) is 16.9 Å². The van der Waals surface area contributed by atoms with E-state index in [1.807, 2.05) is 51.1 Å². The summed E-state index contributed by atoms with van der Waals surface area (Å²) in [5.41, 5.74) is 11.4. The third kappa shape index (κ3) is 3.78. The van der Waals surface area contributed by atoms with Crippen molar-refractivity contribution in [2.45, 2.75) is 20.8 Å². The van der Waals surface area contributed by atoms with Gasteiger partial charge in [-0.1, -0.05) is 37.6 Å². The summed E-state index contributed by atoms with van der Waals surface area (Å²) >= 11 is 0. The normalized spacial score (nSPS) is 13.6. The number of benzene rings is 2. The highest BCUT2D eigenvalue weighted by molar-refractivity contribution is 5.96. The van der Waals surface area contributed by atoms with E-state index < -0.39 is 0 Å². The van der Waals surface area contributed by atoms with Crippen LogP contribution >= 0.6 is 0 Å². The van der Waals surface area contributed by atoms with Crippen LogP contribution in [0.2, 0.25) is 0 Å². The minimum Gasteiger partial charge on any atom is -0.383 e. The van der Waals surface area contributed by atoms with Crippen LogP contribution in [0.25, 0.3) is 22.0 Å². The summed E-state index contributed by atoms with van der Waals surface area (Å²) in [5, 5.41) is 10.6. The van der Waals surface area contributed by atoms with Gasteiger partial charge >= 0.3 is 0 Å². The Morgan fingerprint density at radius 1 is 1.07 bits per heavy atom. The summed E-state index contributed by atoms with van der Waals surface area (Å²) in [4.78, 5) is 6.81. The molecule has 1 aliphatic heterocycles. The molecule has 5 nitrogen and oxygen atoms in total. The molecule has 1 fully saturated rings. The maximum absolute atomic E-state index is 9.80. The number of morpholine rings is 1. The number of anilines is 2. The van der Waals surface area contributed by atoms with Crippen LogP contribution in [0.5, 0.6) is 0 Å². The number of nitrogens with zero attached hydrogens (tertiary/aromatic N) is 3. The van der Waals surface area contributed by atoms with E-state index in [9.17, 15) is 5.26 Å². The number of rotatable bonds is 2. The topological polar surface area (TPSA) is 75.2 Å². The zero-order valence-corrected chi connectivity index (χ0v) is 16.7. The summed E-state index contributed by atoms with van der Waals surface area (Å²) in [5.74, 6) is 0.386. The van der Waals surface area contributed by atoms with Gasteiger partial charge in [0.25, 0.3) is 0 Å². The van der Waals surface area contributed by atoms with Gasteiger partial charge < -0.3 is 15.4 Å². The molecule has 1 aromatic heterocycles. The molecule has 0 aliphatic carbocycles. The van der Waals surface area contributed by atoms with Crippen LogP contribution in [-0.2, 0) is 4.74 Å². The molecule has 1 aliphatic rings. The highest BCUT2D eigenvalue weighted by atomic mass is 16.5. The summed E-state index contributed by atoms with van der Waals surface area (Å²) in [6, 6.07) is 16.4. The number of aryl methyl sites for hydroxylation is 1. The lowest BCUT2D eigenvalue weighted by molar-refractivity contribution is 0.122. The molecule has 0 bridgehead atoms. The lowest BCUT2D eigenvalue weighted by atomic mass is 9.96. The predicted molar refractivity (Wildman–Crippen MR) is 115 cm³/mol. The van der Waals surface area contributed by atoms with E-state index in [2.05, 4.69) is 28.1 Å². The van der Waals surface area contributed by atoms with Gasteiger partial charge in [0, 0.05) is 29.7 Å². The predicted octanol–water partition coefficient (Wildman–Crippen LogP) is 4.53. The molecule has 0 spiro atoms. The fourth-order valence-electron chi connectivity index (χ4n) is 3.46. The zero-order valence-electron chi connectivity index (χ0n) is 16.7. The Morgan fingerprint density at radius 2 is 1.75 bits per heavy atom. The van der Waals surface area contributed by atoms with Gasteiger partial charge in [0.1, 0.15) is 11.9 Å². The Kier molecular flexibility index (Phi) is 6.13. The Labute approximate surface area is 166 Å². The first-order chi connectivity index (χ1) is 13.7. The highest BCUT2D eigenvalue weighted by Crippen LogP contribution is 2.34. The van der Waals surface area contributed by atoms with Crippen LogP contribution in [-0.4, -0.2) is 31.3 Å². The van der Waals surface area contributed by atoms with Gasteiger partial charge in [-0.05, 0) is 36.8 Å². The molecule has 4 rings (SSSR count). The lowest BCUT2D eigenvalue weighted by Crippen LogP contribution is -2.36. The SMILES string of the molecule is CC.Cc1ccc2nc(N)c(-c3ccc(N4CCOCC4)cc3)c(C#N)c2c1. The minimum atomic E-state index is 0.386. The van der Waals surface area contributed by atoms with Gasteiger partial charge in [0.15, 0.2) is 0 Å². The van der Waals surface area contributed by atoms with Crippen molar-refractivity contribution in [2.75, 3.05) is 36.9 Å². The lowest BCUT2D eigenvalue weighted by Gasteiger charge is -2.29. The Bertz CT molecular complexity index is 1000. The maximum atomic E-state index is 9.80. The first kappa shape index (κ1) is 19.7. The monoisotopic (exact) mass is 374 g/mol. The molecular weight excluding hydrogens is 348 g/mol. The number of aromatic nitrogens is 1. The first-order valence-corrected chi connectivity index (χ1v) is 9.70. The van der Waals surface area contributed by atoms with Crippen molar-refractivity contribution in [2.24, 2.45) is 0 Å². The molecule has 5 heteroatoms. The van der Waals surface area contributed by atoms with Crippen LogP contribution in [0, 0.1) is 18.3 Å². The van der Waals surface area contributed by atoms with E-state index in [-0.39, 0.29) is 0 Å².